The number of para-hydroxylation sites is 2. The number of halogens is 4. The van der Waals surface area contributed by atoms with Gasteiger partial charge in [-0.2, -0.15) is 13.2 Å². The van der Waals surface area contributed by atoms with Crippen molar-refractivity contribution in [3.63, 3.8) is 0 Å². The molecule has 32 heavy (non-hydrogen) atoms. The van der Waals surface area contributed by atoms with Crippen molar-refractivity contribution in [1.82, 2.24) is 14.9 Å². The molecule has 2 amide bonds. The summed E-state index contributed by atoms with van der Waals surface area (Å²) < 4.78 is 46.4. The Morgan fingerprint density at radius 1 is 1.16 bits per heavy atom. The minimum atomic E-state index is -4.69. The van der Waals surface area contributed by atoms with Crippen molar-refractivity contribution in [1.29, 1.82) is 0 Å². The normalized spacial score (nSPS) is 11.5. The molecule has 1 aromatic heterocycles. The van der Waals surface area contributed by atoms with Crippen molar-refractivity contribution in [2.45, 2.75) is 19.1 Å². The van der Waals surface area contributed by atoms with Gasteiger partial charge in [-0.1, -0.05) is 23.7 Å². The third kappa shape index (κ3) is 5.77. The number of anilines is 1. The van der Waals surface area contributed by atoms with Gasteiger partial charge in [0.15, 0.2) is 0 Å². The van der Waals surface area contributed by atoms with Gasteiger partial charge < -0.3 is 19.9 Å². The highest BCUT2D eigenvalue weighted by Gasteiger charge is 2.34. The predicted molar refractivity (Wildman–Crippen MR) is 113 cm³/mol. The molecule has 3 rings (SSSR count). The zero-order valence-electron chi connectivity index (χ0n) is 17.0. The van der Waals surface area contributed by atoms with Crippen LogP contribution in [0.5, 0.6) is 0 Å². The fourth-order valence-corrected chi connectivity index (χ4v) is 3.30. The first-order valence-electron chi connectivity index (χ1n) is 9.55. The smallest absolute Gasteiger partial charge is 0.383 e. The number of hydrogen-bond acceptors (Lipinski definition) is 4. The van der Waals surface area contributed by atoms with Crippen LogP contribution in [0, 0.1) is 0 Å². The molecule has 7 nitrogen and oxygen atoms in total. The number of nitrogens with zero attached hydrogens (tertiary/aromatic N) is 2. The van der Waals surface area contributed by atoms with E-state index < -0.39 is 23.3 Å². The molecule has 0 aliphatic heterocycles. The minimum Gasteiger partial charge on any atom is -0.383 e. The van der Waals surface area contributed by atoms with Crippen LogP contribution in [0.2, 0.25) is 5.02 Å². The van der Waals surface area contributed by atoms with Crippen molar-refractivity contribution in [3.05, 3.63) is 58.9 Å². The highest BCUT2D eigenvalue weighted by atomic mass is 35.5. The maximum absolute atomic E-state index is 13.3. The lowest BCUT2D eigenvalue weighted by molar-refractivity contribution is -0.137. The Morgan fingerprint density at radius 3 is 2.62 bits per heavy atom. The molecule has 0 aliphatic rings. The fourth-order valence-electron chi connectivity index (χ4n) is 3.13. The van der Waals surface area contributed by atoms with Crippen LogP contribution in [-0.4, -0.2) is 41.6 Å². The van der Waals surface area contributed by atoms with E-state index >= 15 is 0 Å². The second-order valence-corrected chi connectivity index (χ2v) is 7.29. The van der Waals surface area contributed by atoms with Crippen LogP contribution in [0.3, 0.4) is 0 Å². The van der Waals surface area contributed by atoms with Crippen LogP contribution in [0.15, 0.2) is 42.5 Å². The number of fused-ring (bicyclic) bond motifs is 1. The third-order valence-corrected chi connectivity index (χ3v) is 4.78. The molecule has 170 valence electrons. The molecule has 0 aliphatic carbocycles. The summed E-state index contributed by atoms with van der Waals surface area (Å²) in [4.78, 5) is 29.3. The van der Waals surface area contributed by atoms with Gasteiger partial charge in [0.25, 0.3) is 0 Å². The Kier molecular flexibility index (Phi) is 7.37. The van der Waals surface area contributed by atoms with E-state index in [2.05, 4.69) is 15.6 Å². The lowest BCUT2D eigenvalue weighted by atomic mass is 10.1. The molecule has 2 aromatic carbocycles. The molecule has 1 heterocycles. The van der Waals surface area contributed by atoms with Gasteiger partial charge in [-0.25, -0.2) is 4.98 Å². The van der Waals surface area contributed by atoms with E-state index in [1.54, 1.807) is 24.3 Å². The number of alkyl halides is 3. The Bertz CT molecular complexity index is 1130. The lowest BCUT2D eigenvalue weighted by Gasteiger charge is -2.15. The van der Waals surface area contributed by atoms with Gasteiger partial charge in [0, 0.05) is 18.7 Å². The maximum atomic E-state index is 13.3. The molecule has 0 spiro atoms. The van der Waals surface area contributed by atoms with E-state index in [0.29, 0.717) is 30.0 Å². The number of methoxy groups -OCH3 is 1. The minimum absolute atomic E-state index is 0.0994. The Balaban J connectivity index is 1.84. The van der Waals surface area contributed by atoms with Crippen LogP contribution < -0.4 is 10.6 Å². The molecule has 0 radical (unpaired) electrons. The second kappa shape index (κ2) is 10.0. The zero-order valence-corrected chi connectivity index (χ0v) is 17.8. The van der Waals surface area contributed by atoms with E-state index in [0.717, 1.165) is 12.1 Å². The number of amides is 2. The van der Waals surface area contributed by atoms with E-state index in [1.165, 1.54) is 17.7 Å². The van der Waals surface area contributed by atoms with Crippen molar-refractivity contribution in [3.8, 4) is 0 Å². The third-order valence-electron chi connectivity index (χ3n) is 4.54. The van der Waals surface area contributed by atoms with Crippen molar-refractivity contribution in [2.75, 3.05) is 25.6 Å². The number of ether oxygens (including phenoxy) is 1. The van der Waals surface area contributed by atoms with Crippen LogP contribution in [0.4, 0.5) is 18.9 Å². The summed E-state index contributed by atoms with van der Waals surface area (Å²) in [6, 6.07) is 10.0. The van der Waals surface area contributed by atoms with Gasteiger partial charge in [0.1, 0.15) is 12.4 Å². The van der Waals surface area contributed by atoms with Crippen molar-refractivity contribution < 1.29 is 27.5 Å². The molecule has 0 saturated carbocycles. The topological polar surface area (TPSA) is 85.2 Å². The molecular weight excluding hydrogens is 449 g/mol. The van der Waals surface area contributed by atoms with Gasteiger partial charge in [0.2, 0.25) is 11.8 Å². The van der Waals surface area contributed by atoms with Crippen molar-refractivity contribution >= 4 is 40.1 Å². The number of carbonyl (C=O) groups excluding carboxylic acids is 2. The van der Waals surface area contributed by atoms with E-state index in [-0.39, 0.29) is 23.9 Å². The van der Waals surface area contributed by atoms with E-state index in [1.807, 2.05) is 0 Å². The first-order valence-corrected chi connectivity index (χ1v) is 9.93. The van der Waals surface area contributed by atoms with Gasteiger partial charge >= 0.3 is 6.18 Å². The molecule has 2 N–H and O–H groups in total. The summed E-state index contributed by atoms with van der Waals surface area (Å²) in [5.74, 6) is -0.721. The standard InChI is InChI=1S/C21H20ClF3N4O3/c1-32-9-8-26-19(30)11-18-27-16-4-2-3-5-17(16)29(18)12-20(31)28-15-7-6-13(22)10-14(15)21(23,24)25/h2-7,10H,8-9,11-12H2,1H3,(H,26,30)(H,28,31). The Morgan fingerprint density at radius 2 is 1.91 bits per heavy atom. The largest absolute Gasteiger partial charge is 0.418 e. The van der Waals surface area contributed by atoms with Gasteiger partial charge in [-0.05, 0) is 30.3 Å². The first kappa shape index (κ1) is 23.6. The molecular formula is C21H20ClF3N4O3. The quantitative estimate of drug-likeness (QED) is 0.494. The summed E-state index contributed by atoms with van der Waals surface area (Å²) in [7, 11) is 1.51. The SMILES string of the molecule is COCCNC(=O)Cc1nc2ccccc2n1CC(=O)Nc1ccc(Cl)cc1C(F)(F)F. The van der Waals surface area contributed by atoms with Gasteiger partial charge in [-0.15, -0.1) is 0 Å². The molecule has 0 saturated heterocycles. The molecule has 11 heteroatoms. The first-order chi connectivity index (χ1) is 15.2. The fraction of sp³-hybridized carbons (Fsp3) is 0.286. The Hall–Kier alpha value is -3.11. The molecule has 0 fully saturated rings. The highest BCUT2D eigenvalue weighted by molar-refractivity contribution is 6.30. The Labute approximate surface area is 186 Å². The molecule has 0 atom stereocenters. The van der Waals surface area contributed by atoms with Crippen LogP contribution in [-0.2, 0) is 33.5 Å². The summed E-state index contributed by atoms with van der Waals surface area (Å²) in [5.41, 5.74) is -0.321. The second-order valence-electron chi connectivity index (χ2n) is 6.86. The molecule has 3 aromatic rings. The number of hydrogen-bond donors (Lipinski definition) is 2. The van der Waals surface area contributed by atoms with Crippen LogP contribution >= 0.6 is 11.6 Å². The van der Waals surface area contributed by atoms with Gasteiger partial charge in [-0.3, -0.25) is 9.59 Å². The number of imidazole rings is 1. The summed E-state index contributed by atoms with van der Waals surface area (Å²) in [5, 5.41) is 4.86. The number of nitrogens with one attached hydrogen (secondary N) is 2. The van der Waals surface area contributed by atoms with Crippen molar-refractivity contribution in [2.24, 2.45) is 0 Å². The van der Waals surface area contributed by atoms with Crippen LogP contribution in [0.25, 0.3) is 11.0 Å². The highest BCUT2D eigenvalue weighted by Crippen LogP contribution is 2.36. The number of benzene rings is 2. The average molecular weight is 469 g/mol. The number of rotatable bonds is 8. The number of carbonyl (C=O) groups is 2. The maximum Gasteiger partial charge on any atom is 0.418 e. The van der Waals surface area contributed by atoms with Gasteiger partial charge in [0.05, 0.1) is 35.3 Å². The zero-order chi connectivity index (χ0) is 23.3. The van der Waals surface area contributed by atoms with Crippen LogP contribution in [0.1, 0.15) is 11.4 Å². The monoisotopic (exact) mass is 468 g/mol. The molecule has 0 unspecified atom stereocenters. The summed E-state index contributed by atoms with van der Waals surface area (Å²) in [6.45, 7) is 0.321. The predicted octanol–water partition coefficient (Wildman–Crippen LogP) is 3.65. The average Bonchev–Trinajstić information content (AvgIpc) is 3.05. The van der Waals surface area contributed by atoms with E-state index in [4.69, 9.17) is 16.3 Å². The van der Waals surface area contributed by atoms with E-state index in [9.17, 15) is 22.8 Å². The number of aromatic nitrogens is 2. The summed E-state index contributed by atoms with van der Waals surface area (Å²) >= 11 is 5.68. The lowest BCUT2D eigenvalue weighted by Crippen LogP contribution is -2.30. The molecule has 0 bridgehead atoms. The summed E-state index contributed by atoms with van der Waals surface area (Å²) in [6.07, 6.45) is -4.80.